The fourth-order valence-corrected chi connectivity index (χ4v) is 1.77. The van der Waals surface area contributed by atoms with E-state index in [0.717, 1.165) is 12.1 Å². The quantitative estimate of drug-likeness (QED) is 0.710. The molecule has 0 aromatic heterocycles. The summed E-state index contributed by atoms with van der Waals surface area (Å²) in [6, 6.07) is 4.38. The Labute approximate surface area is 119 Å². The summed E-state index contributed by atoms with van der Waals surface area (Å²) in [5.74, 6) is -0.974. The molecule has 0 aliphatic heterocycles. The van der Waals surface area contributed by atoms with Crippen LogP contribution in [0.5, 0.6) is 0 Å². The minimum absolute atomic E-state index is 0.131. The van der Waals surface area contributed by atoms with Gasteiger partial charge in [-0.25, -0.2) is 13.6 Å². The number of hydrogen-bond acceptors (Lipinski definition) is 4. The normalized spacial score (nSPS) is 12.0. The third kappa shape index (κ3) is 6.95. The molecule has 0 heterocycles. The minimum Gasteiger partial charge on any atom is -0.376 e. The molecule has 21 heavy (non-hydrogen) atoms. The lowest BCUT2D eigenvalue weighted by molar-refractivity contribution is -0.137. The topological polar surface area (TPSA) is 101 Å². The highest BCUT2D eigenvalue weighted by Crippen LogP contribution is 2.30. The summed E-state index contributed by atoms with van der Waals surface area (Å²) in [4.78, 5) is 11.4. The van der Waals surface area contributed by atoms with Crippen LogP contribution in [-0.2, 0) is 21.0 Å². The molecule has 0 unspecified atom stereocenters. The smallest absolute Gasteiger partial charge is 0.376 e. The number of nitrogens with one attached hydrogen (secondary N) is 2. The van der Waals surface area contributed by atoms with Crippen molar-refractivity contribution >= 4 is 21.6 Å². The predicted molar refractivity (Wildman–Crippen MR) is 70.9 cm³/mol. The van der Waals surface area contributed by atoms with Gasteiger partial charge in [-0.3, -0.25) is 4.79 Å². The maximum absolute atomic E-state index is 12.5. The van der Waals surface area contributed by atoms with E-state index in [1.807, 2.05) is 0 Å². The summed E-state index contributed by atoms with van der Waals surface area (Å²) in [6.07, 6.45) is -4.46. The van der Waals surface area contributed by atoms with Gasteiger partial charge in [0.15, 0.2) is 0 Å². The maximum atomic E-state index is 12.5. The molecule has 0 fully saturated rings. The number of amides is 1. The first kappa shape index (κ1) is 17.2. The lowest BCUT2D eigenvalue weighted by Crippen LogP contribution is -2.35. The first-order valence-corrected chi connectivity index (χ1v) is 7.48. The molecular weight excluding hydrogens is 311 g/mol. The Morgan fingerprint density at radius 2 is 1.95 bits per heavy atom. The van der Waals surface area contributed by atoms with Gasteiger partial charge >= 0.3 is 6.18 Å². The minimum atomic E-state index is -4.46. The summed E-state index contributed by atoms with van der Waals surface area (Å²) in [7, 11) is -3.67. The number of benzene rings is 1. The summed E-state index contributed by atoms with van der Waals surface area (Å²) in [5.41, 5.74) is -0.700. The Kier molecular flexibility index (Phi) is 5.55. The fraction of sp³-hybridized carbons (Fsp3) is 0.364. The number of primary sulfonamides is 1. The zero-order valence-electron chi connectivity index (χ0n) is 10.8. The Morgan fingerprint density at radius 1 is 1.29 bits per heavy atom. The van der Waals surface area contributed by atoms with E-state index < -0.39 is 33.4 Å². The van der Waals surface area contributed by atoms with Gasteiger partial charge in [-0.2, -0.15) is 13.2 Å². The number of rotatable bonds is 6. The summed E-state index contributed by atoms with van der Waals surface area (Å²) < 4.78 is 58.7. The predicted octanol–water partition coefficient (Wildman–Crippen LogP) is 0.522. The van der Waals surface area contributed by atoms with Gasteiger partial charge in [-0.15, -0.1) is 0 Å². The molecule has 1 aromatic carbocycles. The van der Waals surface area contributed by atoms with Gasteiger partial charge in [-0.1, -0.05) is 6.07 Å². The molecule has 0 bridgehead atoms. The lowest BCUT2D eigenvalue weighted by atomic mass is 10.2. The van der Waals surface area contributed by atoms with Crippen LogP contribution in [0.15, 0.2) is 24.3 Å². The van der Waals surface area contributed by atoms with Crippen molar-refractivity contribution in [3.05, 3.63) is 29.8 Å². The first-order chi connectivity index (χ1) is 9.58. The molecule has 4 N–H and O–H groups in total. The molecule has 0 saturated heterocycles. The highest BCUT2D eigenvalue weighted by molar-refractivity contribution is 7.89. The van der Waals surface area contributed by atoms with Gasteiger partial charge in [0, 0.05) is 12.2 Å². The van der Waals surface area contributed by atoms with Crippen LogP contribution >= 0.6 is 0 Å². The van der Waals surface area contributed by atoms with E-state index in [-0.39, 0.29) is 18.8 Å². The summed E-state index contributed by atoms with van der Waals surface area (Å²) >= 11 is 0. The first-order valence-electron chi connectivity index (χ1n) is 5.76. The van der Waals surface area contributed by atoms with Gasteiger partial charge in [-0.05, 0) is 18.2 Å². The highest BCUT2D eigenvalue weighted by Gasteiger charge is 2.30. The summed E-state index contributed by atoms with van der Waals surface area (Å²) in [6.45, 7) is -0.451. The molecule has 10 heteroatoms. The van der Waals surface area contributed by atoms with Crippen molar-refractivity contribution in [1.82, 2.24) is 5.32 Å². The summed E-state index contributed by atoms with van der Waals surface area (Å²) in [5, 5.41) is 9.53. The lowest BCUT2D eigenvalue weighted by Gasteiger charge is -2.10. The number of anilines is 1. The van der Waals surface area contributed by atoms with Crippen molar-refractivity contribution in [2.24, 2.45) is 5.14 Å². The molecule has 0 aliphatic rings. The molecule has 0 aliphatic carbocycles. The van der Waals surface area contributed by atoms with Gasteiger partial charge < -0.3 is 10.6 Å². The van der Waals surface area contributed by atoms with Crippen molar-refractivity contribution in [2.75, 3.05) is 24.2 Å². The molecule has 0 radical (unpaired) electrons. The van der Waals surface area contributed by atoms with Crippen LogP contribution in [0.4, 0.5) is 18.9 Å². The molecule has 1 rings (SSSR count). The SMILES string of the molecule is NS(=O)(=O)CCNC(=O)CNc1cccc(C(F)(F)F)c1. The number of alkyl halides is 3. The van der Waals surface area contributed by atoms with E-state index in [0.29, 0.717) is 0 Å². The van der Waals surface area contributed by atoms with Crippen LogP contribution < -0.4 is 15.8 Å². The second-order valence-corrected chi connectivity index (χ2v) is 5.88. The Bertz CT molecular complexity index is 602. The monoisotopic (exact) mass is 325 g/mol. The average Bonchev–Trinajstić information content (AvgIpc) is 2.34. The van der Waals surface area contributed by atoms with Crippen molar-refractivity contribution in [2.45, 2.75) is 6.18 Å². The fourth-order valence-electron chi connectivity index (χ4n) is 1.38. The molecule has 6 nitrogen and oxygen atoms in total. The van der Waals surface area contributed by atoms with Crippen molar-refractivity contribution < 1.29 is 26.4 Å². The maximum Gasteiger partial charge on any atom is 0.416 e. The highest BCUT2D eigenvalue weighted by atomic mass is 32.2. The van der Waals surface area contributed by atoms with Crippen molar-refractivity contribution in [3.63, 3.8) is 0 Å². The molecule has 0 atom stereocenters. The number of carbonyl (C=O) groups is 1. The van der Waals surface area contributed by atoms with Crippen LogP contribution in [0.3, 0.4) is 0 Å². The average molecular weight is 325 g/mol. The van der Waals surface area contributed by atoms with E-state index in [1.165, 1.54) is 12.1 Å². The Morgan fingerprint density at radius 3 is 2.52 bits per heavy atom. The van der Waals surface area contributed by atoms with E-state index in [2.05, 4.69) is 10.6 Å². The van der Waals surface area contributed by atoms with Crippen molar-refractivity contribution in [1.29, 1.82) is 0 Å². The van der Waals surface area contributed by atoms with E-state index in [1.54, 1.807) is 0 Å². The van der Waals surface area contributed by atoms with Crippen molar-refractivity contribution in [3.8, 4) is 0 Å². The van der Waals surface area contributed by atoms with Gasteiger partial charge in [0.25, 0.3) is 0 Å². The number of hydrogen-bond donors (Lipinski definition) is 3. The van der Waals surface area contributed by atoms with E-state index >= 15 is 0 Å². The number of nitrogens with two attached hydrogens (primary N) is 1. The standard InChI is InChI=1S/C11H14F3N3O3S/c12-11(13,14)8-2-1-3-9(6-8)17-7-10(18)16-4-5-21(15,19)20/h1-3,6,17H,4-5,7H2,(H,16,18)(H2,15,19,20). The largest absolute Gasteiger partial charge is 0.416 e. The molecule has 0 spiro atoms. The van der Waals surface area contributed by atoms with Crippen LogP contribution in [0.1, 0.15) is 5.56 Å². The van der Waals surface area contributed by atoms with Crippen LogP contribution in [-0.4, -0.2) is 33.2 Å². The van der Waals surface area contributed by atoms with Gasteiger partial charge in [0.2, 0.25) is 15.9 Å². The molecule has 1 aromatic rings. The zero-order chi connectivity index (χ0) is 16.1. The molecular formula is C11H14F3N3O3S. The Balaban J connectivity index is 2.47. The number of halogens is 3. The Hall–Kier alpha value is -1.81. The van der Waals surface area contributed by atoms with E-state index in [4.69, 9.17) is 5.14 Å². The molecule has 118 valence electrons. The van der Waals surface area contributed by atoms with Crippen LogP contribution in [0.2, 0.25) is 0 Å². The zero-order valence-corrected chi connectivity index (χ0v) is 11.6. The number of carbonyl (C=O) groups excluding carboxylic acids is 1. The molecule has 0 saturated carbocycles. The second-order valence-electron chi connectivity index (χ2n) is 4.15. The van der Waals surface area contributed by atoms with Gasteiger partial charge in [0.05, 0.1) is 17.9 Å². The number of sulfonamides is 1. The third-order valence-electron chi connectivity index (χ3n) is 2.35. The second kappa shape index (κ2) is 6.76. The molecule has 1 amide bonds. The van der Waals surface area contributed by atoms with Crippen LogP contribution in [0, 0.1) is 0 Å². The van der Waals surface area contributed by atoms with Crippen LogP contribution in [0.25, 0.3) is 0 Å². The van der Waals surface area contributed by atoms with E-state index in [9.17, 15) is 26.4 Å². The third-order valence-corrected chi connectivity index (χ3v) is 3.12. The van der Waals surface area contributed by atoms with Gasteiger partial charge in [0.1, 0.15) is 0 Å².